The van der Waals surface area contributed by atoms with Crippen molar-refractivity contribution in [2.45, 2.75) is 25.9 Å². The van der Waals surface area contributed by atoms with Crippen molar-refractivity contribution in [2.24, 2.45) is 0 Å². The van der Waals surface area contributed by atoms with Crippen LogP contribution in [0, 0.1) is 0 Å². The van der Waals surface area contributed by atoms with Gasteiger partial charge < -0.3 is 5.11 Å². The van der Waals surface area contributed by atoms with Gasteiger partial charge in [0.2, 0.25) is 0 Å². The molecule has 1 atom stereocenters. The molecule has 0 bridgehead atoms. The smallest absolute Gasteiger partial charge is 0.150 e. The summed E-state index contributed by atoms with van der Waals surface area (Å²) in [6.07, 6.45) is 1.96. The van der Waals surface area contributed by atoms with Crippen LogP contribution in [0.1, 0.15) is 31.4 Å². The minimum absolute atomic E-state index is 0.129. The Morgan fingerprint density at radius 2 is 2.05 bits per heavy atom. The fourth-order valence-electron chi connectivity index (χ4n) is 2.21. The van der Waals surface area contributed by atoms with Gasteiger partial charge in [-0.25, -0.2) is 8.42 Å². The van der Waals surface area contributed by atoms with E-state index in [0.717, 1.165) is 16.5 Å². The molecule has 108 valence electrons. The van der Waals surface area contributed by atoms with Gasteiger partial charge in [0.15, 0.2) is 0 Å². The molecule has 2 rings (SSSR count). The van der Waals surface area contributed by atoms with E-state index in [4.69, 9.17) is 0 Å². The van der Waals surface area contributed by atoms with Crippen molar-refractivity contribution in [3.8, 4) is 0 Å². The minimum Gasteiger partial charge on any atom is -0.388 e. The van der Waals surface area contributed by atoms with Gasteiger partial charge in [-0.2, -0.15) is 0 Å². The number of hydrogen-bond acceptors (Lipinski definition) is 4. The first-order valence-corrected chi connectivity index (χ1v) is 8.58. The number of aliphatic hydroxyl groups excluding tert-OH is 1. The van der Waals surface area contributed by atoms with Gasteiger partial charge in [0.1, 0.15) is 9.84 Å². The topological polar surface area (TPSA) is 67.3 Å². The van der Waals surface area contributed by atoms with Crippen LogP contribution >= 0.6 is 0 Å². The summed E-state index contributed by atoms with van der Waals surface area (Å²) in [4.78, 5) is 4.25. The zero-order chi connectivity index (χ0) is 14.6. The van der Waals surface area contributed by atoms with Crippen LogP contribution < -0.4 is 0 Å². The van der Waals surface area contributed by atoms with E-state index in [9.17, 15) is 13.5 Å². The van der Waals surface area contributed by atoms with Gasteiger partial charge in [-0.05, 0) is 30.5 Å². The highest BCUT2D eigenvalue weighted by Gasteiger charge is 2.13. The molecule has 1 aromatic heterocycles. The molecule has 0 saturated heterocycles. The summed E-state index contributed by atoms with van der Waals surface area (Å²) < 4.78 is 22.9. The quantitative estimate of drug-likeness (QED) is 0.888. The summed E-state index contributed by atoms with van der Waals surface area (Å²) in [5.41, 5.74) is 1.65. The Bertz CT molecular complexity index is 677. The van der Waals surface area contributed by atoms with Crippen molar-refractivity contribution in [1.82, 2.24) is 4.98 Å². The number of sulfone groups is 1. The van der Waals surface area contributed by atoms with E-state index in [0.29, 0.717) is 12.8 Å². The Morgan fingerprint density at radius 1 is 1.25 bits per heavy atom. The van der Waals surface area contributed by atoms with Crippen molar-refractivity contribution in [3.63, 3.8) is 0 Å². The molecule has 0 spiro atoms. The van der Waals surface area contributed by atoms with Gasteiger partial charge in [0, 0.05) is 17.3 Å². The molecule has 0 saturated carbocycles. The van der Waals surface area contributed by atoms with E-state index in [-0.39, 0.29) is 11.5 Å². The lowest BCUT2D eigenvalue weighted by molar-refractivity contribution is 0.168. The van der Waals surface area contributed by atoms with E-state index < -0.39 is 15.9 Å². The highest BCUT2D eigenvalue weighted by atomic mass is 32.2. The van der Waals surface area contributed by atoms with E-state index in [1.165, 1.54) is 0 Å². The zero-order valence-corrected chi connectivity index (χ0v) is 12.3. The van der Waals surface area contributed by atoms with Gasteiger partial charge in [-0.1, -0.05) is 25.1 Å². The monoisotopic (exact) mass is 293 g/mol. The maximum absolute atomic E-state index is 11.4. The Morgan fingerprint density at radius 3 is 2.80 bits per heavy atom. The van der Waals surface area contributed by atoms with Crippen LogP contribution in [0.5, 0.6) is 0 Å². The molecule has 1 aromatic carbocycles. The highest BCUT2D eigenvalue weighted by molar-refractivity contribution is 7.91. The van der Waals surface area contributed by atoms with Crippen molar-refractivity contribution in [3.05, 3.63) is 42.1 Å². The van der Waals surface area contributed by atoms with E-state index in [1.807, 2.05) is 30.3 Å². The Hall–Kier alpha value is -1.46. The lowest BCUT2D eigenvalue weighted by Crippen LogP contribution is -2.10. The Balaban J connectivity index is 2.10. The summed E-state index contributed by atoms with van der Waals surface area (Å²) in [5.74, 6) is 0.283. The molecule has 1 unspecified atom stereocenters. The second kappa shape index (κ2) is 6.33. The number of aromatic nitrogens is 1. The second-order valence-corrected chi connectivity index (χ2v) is 7.28. The standard InChI is InChI=1S/C15H19NO3S/c1-2-20(18,19)11-5-9-15(17)13-6-3-8-14-12(13)7-4-10-16-14/h3-4,6-8,10,15,17H,2,5,9,11H2,1H3. The van der Waals surface area contributed by atoms with Crippen molar-refractivity contribution in [2.75, 3.05) is 11.5 Å². The lowest BCUT2D eigenvalue weighted by Gasteiger charge is -2.13. The van der Waals surface area contributed by atoms with Crippen molar-refractivity contribution in [1.29, 1.82) is 0 Å². The molecule has 0 aliphatic rings. The summed E-state index contributed by atoms with van der Waals surface area (Å²) in [7, 11) is -2.96. The van der Waals surface area contributed by atoms with E-state index >= 15 is 0 Å². The zero-order valence-electron chi connectivity index (χ0n) is 11.5. The molecular formula is C15H19NO3S. The normalized spacial score (nSPS) is 13.5. The van der Waals surface area contributed by atoms with Gasteiger partial charge in [0.05, 0.1) is 17.4 Å². The minimum atomic E-state index is -2.96. The first kappa shape index (κ1) is 14.9. The van der Waals surface area contributed by atoms with Crippen molar-refractivity contribution >= 4 is 20.7 Å². The Labute approximate surface area is 119 Å². The van der Waals surface area contributed by atoms with Gasteiger partial charge >= 0.3 is 0 Å². The number of nitrogens with zero attached hydrogens (tertiary/aromatic N) is 1. The number of aliphatic hydroxyl groups is 1. The van der Waals surface area contributed by atoms with Crippen LogP contribution in [0.3, 0.4) is 0 Å². The largest absolute Gasteiger partial charge is 0.388 e. The van der Waals surface area contributed by atoms with Gasteiger partial charge in [-0.15, -0.1) is 0 Å². The summed E-state index contributed by atoms with van der Waals surface area (Å²) in [6.45, 7) is 1.64. The summed E-state index contributed by atoms with van der Waals surface area (Å²) >= 11 is 0. The fraction of sp³-hybridized carbons (Fsp3) is 0.400. The predicted octanol–water partition coefficient (Wildman–Crippen LogP) is 2.48. The first-order valence-electron chi connectivity index (χ1n) is 6.75. The number of hydrogen-bond donors (Lipinski definition) is 1. The molecule has 5 heteroatoms. The van der Waals surface area contributed by atoms with E-state index in [1.54, 1.807) is 13.1 Å². The number of benzene rings is 1. The average molecular weight is 293 g/mol. The van der Waals surface area contributed by atoms with Gasteiger partial charge in [0.25, 0.3) is 0 Å². The third kappa shape index (κ3) is 3.55. The Kier molecular flexibility index (Phi) is 4.73. The van der Waals surface area contributed by atoms with Crippen LogP contribution in [0.15, 0.2) is 36.5 Å². The summed E-state index contributed by atoms with van der Waals surface area (Å²) in [5, 5.41) is 11.2. The molecule has 0 aliphatic carbocycles. The van der Waals surface area contributed by atoms with Crippen molar-refractivity contribution < 1.29 is 13.5 Å². The molecule has 0 fully saturated rings. The maximum Gasteiger partial charge on any atom is 0.150 e. The van der Waals surface area contributed by atoms with Crippen LogP contribution in [-0.2, 0) is 9.84 Å². The van der Waals surface area contributed by atoms with Crippen LogP contribution in [-0.4, -0.2) is 30.0 Å². The molecule has 0 amide bonds. The number of pyridine rings is 1. The van der Waals surface area contributed by atoms with Gasteiger partial charge in [-0.3, -0.25) is 4.98 Å². The highest BCUT2D eigenvalue weighted by Crippen LogP contribution is 2.26. The van der Waals surface area contributed by atoms with Crippen LogP contribution in [0.25, 0.3) is 10.9 Å². The first-order chi connectivity index (χ1) is 9.53. The third-order valence-electron chi connectivity index (χ3n) is 3.41. The molecule has 20 heavy (non-hydrogen) atoms. The lowest BCUT2D eigenvalue weighted by atomic mass is 10.0. The fourth-order valence-corrected chi connectivity index (χ4v) is 3.11. The molecule has 2 aromatic rings. The van der Waals surface area contributed by atoms with E-state index in [2.05, 4.69) is 4.98 Å². The predicted molar refractivity (Wildman–Crippen MR) is 80.3 cm³/mol. The molecule has 4 nitrogen and oxygen atoms in total. The molecule has 1 N–H and O–H groups in total. The molecule has 0 radical (unpaired) electrons. The maximum atomic E-state index is 11.4. The molecule has 0 aliphatic heterocycles. The summed E-state index contributed by atoms with van der Waals surface area (Å²) in [6, 6.07) is 9.37. The number of fused-ring (bicyclic) bond motifs is 1. The third-order valence-corrected chi connectivity index (χ3v) is 5.20. The number of rotatable bonds is 6. The second-order valence-electron chi connectivity index (χ2n) is 4.81. The van der Waals surface area contributed by atoms with Crippen LogP contribution in [0.2, 0.25) is 0 Å². The SMILES string of the molecule is CCS(=O)(=O)CCCC(O)c1cccc2ncccc12. The molecule has 1 heterocycles. The van der Waals surface area contributed by atoms with Crippen LogP contribution in [0.4, 0.5) is 0 Å². The average Bonchev–Trinajstić information content (AvgIpc) is 2.46. The molecular weight excluding hydrogens is 274 g/mol.